The first-order chi connectivity index (χ1) is 16.1. The normalized spacial score (nSPS) is 22.4. The minimum atomic E-state index is -6.99. The first kappa shape index (κ1) is 28.3. The van der Waals surface area contributed by atoms with Gasteiger partial charge < -0.3 is 4.57 Å². The van der Waals surface area contributed by atoms with Crippen LogP contribution in [0.3, 0.4) is 0 Å². The Kier molecular flexibility index (Phi) is 7.75. The van der Waals surface area contributed by atoms with E-state index in [9.17, 15) is 35.3 Å². The van der Waals surface area contributed by atoms with Crippen LogP contribution in [0.2, 0.25) is 0 Å². The van der Waals surface area contributed by atoms with Gasteiger partial charge in [-0.25, -0.2) is 0 Å². The molecule has 0 aliphatic heterocycles. The molecule has 0 unspecified atom stereocenters. The van der Waals surface area contributed by atoms with Gasteiger partial charge in [0.05, 0.1) is 0 Å². The van der Waals surface area contributed by atoms with E-state index in [-0.39, 0.29) is 34.3 Å². The van der Waals surface area contributed by atoms with Gasteiger partial charge in [0.1, 0.15) is 7.14 Å². The third-order valence-electron chi connectivity index (χ3n) is 6.75. The molecule has 2 aromatic carbocycles. The van der Waals surface area contributed by atoms with Crippen LogP contribution >= 0.6 is 29.7 Å². The number of alkyl halides is 10. The lowest BCUT2D eigenvalue weighted by Crippen LogP contribution is -2.65. The Morgan fingerprint density at radius 1 is 0.800 bits per heavy atom. The van der Waals surface area contributed by atoms with Gasteiger partial charge in [0.2, 0.25) is 0 Å². The highest BCUT2D eigenvalue weighted by Crippen LogP contribution is 2.71. The summed E-state index contributed by atoms with van der Waals surface area (Å²) in [6.07, 6.45) is -8.52. The summed E-state index contributed by atoms with van der Waals surface area (Å²) >= 11 is 1.77. The molecule has 1 aliphatic rings. The van der Waals surface area contributed by atoms with Crippen LogP contribution in [-0.4, -0.2) is 33.5 Å². The Morgan fingerprint density at radius 3 is 1.66 bits per heavy atom. The fraction of sp³-hybridized carbons (Fsp3) is 0.478. The zero-order valence-electron chi connectivity index (χ0n) is 18.0. The van der Waals surface area contributed by atoms with E-state index in [4.69, 9.17) is 0 Å². The van der Waals surface area contributed by atoms with E-state index in [1.54, 1.807) is 34.7 Å². The first-order valence-corrected chi connectivity index (χ1v) is 13.8. The Morgan fingerprint density at radius 2 is 1.26 bits per heavy atom. The maximum atomic E-state index is 15.5. The minimum absolute atomic E-state index is 0.0369. The number of benzene rings is 2. The molecule has 0 spiro atoms. The smallest absolute Gasteiger partial charge is 0.313 e. The lowest BCUT2D eigenvalue weighted by Gasteiger charge is -2.47. The van der Waals surface area contributed by atoms with Gasteiger partial charge in [-0.15, -0.1) is 0 Å². The summed E-state index contributed by atoms with van der Waals surface area (Å²) in [5.74, 6) is -22.3. The molecular weight excluding hydrogens is 621 g/mol. The van der Waals surface area contributed by atoms with E-state index in [1.165, 1.54) is 48.5 Å². The second-order valence-electron chi connectivity index (χ2n) is 8.54. The van der Waals surface area contributed by atoms with E-state index in [2.05, 4.69) is 0 Å². The van der Waals surface area contributed by atoms with E-state index >= 15 is 8.78 Å². The number of rotatable bonds is 8. The summed E-state index contributed by atoms with van der Waals surface area (Å²) in [5.41, 5.74) is 0. The maximum Gasteiger partial charge on any atom is 0.460 e. The van der Waals surface area contributed by atoms with E-state index in [1.807, 2.05) is 0 Å². The summed E-state index contributed by atoms with van der Waals surface area (Å²) < 4.78 is 141. The molecule has 0 aromatic heterocycles. The van der Waals surface area contributed by atoms with Crippen molar-refractivity contribution < 1.29 is 44.1 Å². The highest BCUT2D eigenvalue weighted by atomic mass is 127. The predicted molar refractivity (Wildman–Crippen MR) is 124 cm³/mol. The Labute approximate surface area is 210 Å². The van der Waals surface area contributed by atoms with Crippen molar-refractivity contribution in [3.05, 3.63) is 60.7 Å². The second-order valence-corrected chi connectivity index (χ2v) is 12.8. The van der Waals surface area contributed by atoms with Gasteiger partial charge >= 0.3 is 23.9 Å². The largest absolute Gasteiger partial charge is 0.460 e. The quantitative estimate of drug-likeness (QED) is 0.124. The number of hydrogen-bond donors (Lipinski definition) is 0. The third kappa shape index (κ3) is 4.22. The van der Waals surface area contributed by atoms with Crippen molar-refractivity contribution in [3.8, 4) is 0 Å². The molecule has 0 amide bonds. The van der Waals surface area contributed by atoms with Crippen LogP contribution in [0.15, 0.2) is 60.7 Å². The average Bonchev–Trinajstić information content (AvgIpc) is 3.25. The topological polar surface area (TPSA) is 17.1 Å². The van der Waals surface area contributed by atoms with Crippen molar-refractivity contribution in [2.24, 2.45) is 5.92 Å². The van der Waals surface area contributed by atoms with Crippen LogP contribution in [0, 0.1) is 5.92 Å². The van der Waals surface area contributed by atoms with Gasteiger partial charge in [-0.1, -0.05) is 89.7 Å². The summed E-state index contributed by atoms with van der Waals surface area (Å²) in [6.45, 7) is 0. The molecule has 1 aliphatic carbocycles. The third-order valence-corrected chi connectivity index (χ3v) is 11.4. The molecule has 0 heterocycles. The average molecular weight is 642 g/mol. The van der Waals surface area contributed by atoms with Gasteiger partial charge in [-0.05, 0) is 19.3 Å². The van der Waals surface area contributed by atoms with E-state index < -0.39 is 48.6 Å². The summed E-state index contributed by atoms with van der Waals surface area (Å²) in [4.78, 5) is 0. The lowest BCUT2D eigenvalue weighted by atomic mass is 9.82. The monoisotopic (exact) mass is 642 g/mol. The first-order valence-electron chi connectivity index (χ1n) is 10.6. The van der Waals surface area contributed by atoms with E-state index in [0.29, 0.717) is 0 Å². The molecule has 3 rings (SSSR count). The van der Waals surface area contributed by atoms with Gasteiger partial charge in [0, 0.05) is 26.1 Å². The van der Waals surface area contributed by atoms with Crippen molar-refractivity contribution in [1.82, 2.24) is 0 Å². The van der Waals surface area contributed by atoms with Gasteiger partial charge in [-0.2, -0.15) is 39.5 Å². The molecule has 1 saturated carbocycles. The standard InChI is InChI=1S/C23H21F9IOP/c24-20(25,21(26,27)22(28,29)23(30,31)32)18-12-7-13-19(18,14-15-33)35(34,16-8-3-1-4-9-16)17-10-5-2-6-11-17/h1-6,8-11,18H,7,12-15H2/t18-,19+/m1/s1. The molecule has 0 radical (unpaired) electrons. The predicted octanol–water partition coefficient (Wildman–Crippen LogP) is 7.83. The van der Waals surface area contributed by atoms with Crippen LogP contribution in [0.1, 0.15) is 25.7 Å². The second kappa shape index (κ2) is 9.58. The Hall–Kier alpha value is -1.23. The van der Waals surface area contributed by atoms with Crippen molar-refractivity contribution in [3.63, 3.8) is 0 Å². The van der Waals surface area contributed by atoms with Gasteiger partial charge in [0.25, 0.3) is 0 Å². The van der Waals surface area contributed by atoms with Crippen LogP contribution in [0.4, 0.5) is 39.5 Å². The highest BCUT2D eigenvalue weighted by Gasteiger charge is 2.84. The molecule has 0 bridgehead atoms. The van der Waals surface area contributed by atoms with Crippen LogP contribution in [0.25, 0.3) is 0 Å². The molecule has 0 saturated heterocycles. The van der Waals surface area contributed by atoms with Crippen molar-refractivity contribution >= 4 is 40.3 Å². The highest BCUT2D eigenvalue weighted by molar-refractivity contribution is 14.1. The lowest BCUT2D eigenvalue weighted by molar-refractivity contribution is -0.403. The zero-order chi connectivity index (χ0) is 26.3. The van der Waals surface area contributed by atoms with Crippen molar-refractivity contribution in [2.45, 2.75) is 54.8 Å². The fourth-order valence-electron chi connectivity index (χ4n) is 5.12. The number of halogens is 10. The molecule has 2 atom stereocenters. The Bertz CT molecular complexity index is 1020. The summed E-state index contributed by atoms with van der Waals surface area (Å²) in [5, 5.41) is -2.08. The van der Waals surface area contributed by atoms with Crippen LogP contribution < -0.4 is 10.6 Å². The zero-order valence-corrected chi connectivity index (χ0v) is 21.1. The molecule has 1 nitrogen and oxygen atoms in total. The van der Waals surface area contributed by atoms with Crippen molar-refractivity contribution in [2.75, 3.05) is 4.43 Å². The van der Waals surface area contributed by atoms with Crippen LogP contribution in [-0.2, 0) is 4.57 Å². The number of hydrogen-bond acceptors (Lipinski definition) is 1. The molecular formula is C23H21F9IOP. The van der Waals surface area contributed by atoms with Gasteiger partial charge in [0.15, 0.2) is 0 Å². The molecule has 1 fully saturated rings. The van der Waals surface area contributed by atoms with E-state index in [0.717, 1.165) is 0 Å². The Balaban J connectivity index is 2.32. The van der Waals surface area contributed by atoms with Crippen LogP contribution in [0.5, 0.6) is 0 Å². The molecule has 35 heavy (non-hydrogen) atoms. The SMILES string of the molecule is O=P(c1ccccc1)(c1ccccc1)[C@]1(CCI)CCC[C@H]1C(F)(F)C(F)(F)C(F)(F)C(F)(F)F. The maximum absolute atomic E-state index is 15.5. The fourth-order valence-corrected chi connectivity index (χ4v) is 10.6. The summed E-state index contributed by atoms with van der Waals surface area (Å²) in [7, 11) is -4.28. The molecule has 2 aromatic rings. The minimum Gasteiger partial charge on any atom is -0.313 e. The molecule has 0 N–H and O–H groups in total. The van der Waals surface area contributed by atoms with Gasteiger partial charge in [-0.3, -0.25) is 0 Å². The molecule has 12 heteroatoms. The van der Waals surface area contributed by atoms with Crippen molar-refractivity contribution in [1.29, 1.82) is 0 Å². The molecule has 194 valence electrons. The summed E-state index contributed by atoms with van der Waals surface area (Å²) in [6, 6.07) is 14.5.